The van der Waals surface area contributed by atoms with E-state index in [2.05, 4.69) is 10.3 Å². The predicted octanol–water partition coefficient (Wildman–Crippen LogP) is 3.47. The second-order valence-electron chi connectivity index (χ2n) is 4.88. The van der Waals surface area contributed by atoms with Gasteiger partial charge in [-0.15, -0.1) is 0 Å². The highest BCUT2D eigenvalue weighted by Crippen LogP contribution is 2.29. The van der Waals surface area contributed by atoms with E-state index in [9.17, 15) is 13.2 Å². The fourth-order valence-electron chi connectivity index (χ4n) is 2.05. The third-order valence-corrected chi connectivity index (χ3v) is 3.16. The van der Waals surface area contributed by atoms with Crippen LogP contribution in [-0.2, 0) is 19.3 Å². The topological polar surface area (TPSA) is 29.9 Å². The molecule has 1 N–H and O–H groups in total. The van der Waals surface area contributed by atoms with Gasteiger partial charge in [-0.1, -0.05) is 18.2 Å². The smallest absolute Gasteiger partial charge is 0.337 e. The molecule has 114 valence electrons. The molecule has 0 fully saturated rings. The number of benzene rings is 1. The monoisotopic (exact) mass is 297 g/mol. The summed E-state index contributed by atoms with van der Waals surface area (Å²) in [7, 11) is 0. The second kappa shape index (κ2) is 7.26. The molecule has 0 saturated carbocycles. The van der Waals surface area contributed by atoms with Gasteiger partial charge in [0.05, 0.1) is 11.9 Å². The van der Waals surface area contributed by atoms with E-state index in [1.807, 2.05) is 10.8 Å². The summed E-state index contributed by atoms with van der Waals surface area (Å²) in [6, 6.07) is 5.43. The van der Waals surface area contributed by atoms with E-state index < -0.39 is 11.7 Å². The van der Waals surface area contributed by atoms with Crippen LogP contribution in [0.15, 0.2) is 43.0 Å². The Labute approximate surface area is 121 Å². The van der Waals surface area contributed by atoms with Gasteiger partial charge in [-0.3, -0.25) is 0 Å². The van der Waals surface area contributed by atoms with Crippen molar-refractivity contribution in [3.8, 4) is 0 Å². The van der Waals surface area contributed by atoms with Crippen LogP contribution in [0.5, 0.6) is 0 Å². The third-order valence-electron chi connectivity index (χ3n) is 3.16. The number of alkyl halides is 3. The van der Waals surface area contributed by atoms with Gasteiger partial charge in [0.15, 0.2) is 0 Å². The number of rotatable bonds is 7. The molecule has 21 heavy (non-hydrogen) atoms. The first kappa shape index (κ1) is 15.6. The number of halogens is 3. The molecule has 0 atom stereocenters. The Morgan fingerprint density at radius 1 is 1.19 bits per heavy atom. The Balaban J connectivity index is 1.67. The highest BCUT2D eigenvalue weighted by molar-refractivity contribution is 5.25. The van der Waals surface area contributed by atoms with E-state index >= 15 is 0 Å². The molecule has 6 heteroatoms. The van der Waals surface area contributed by atoms with Gasteiger partial charge in [0.25, 0.3) is 0 Å². The van der Waals surface area contributed by atoms with E-state index in [0.29, 0.717) is 12.1 Å². The predicted molar refractivity (Wildman–Crippen MR) is 74.6 cm³/mol. The van der Waals surface area contributed by atoms with Crippen molar-refractivity contribution >= 4 is 0 Å². The second-order valence-corrected chi connectivity index (χ2v) is 4.88. The highest BCUT2D eigenvalue weighted by Gasteiger charge is 2.30. The summed E-state index contributed by atoms with van der Waals surface area (Å²) in [4.78, 5) is 3.96. The van der Waals surface area contributed by atoms with Crippen molar-refractivity contribution in [1.29, 1.82) is 0 Å². The summed E-state index contributed by atoms with van der Waals surface area (Å²) >= 11 is 0. The van der Waals surface area contributed by atoms with Gasteiger partial charge in [0.1, 0.15) is 0 Å². The summed E-state index contributed by atoms with van der Waals surface area (Å²) in [6.45, 7) is 2.14. The van der Waals surface area contributed by atoms with Crippen LogP contribution in [0.2, 0.25) is 0 Å². The zero-order valence-electron chi connectivity index (χ0n) is 11.6. The molecule has 2 rings (SSSR count). The molecular weight excluding hydrogens is 279 g/mol. The first-order chi connectivity index (χ1) is 10.1. The van der Waals surface area contributed by atoms with Gasteiger partial charge in [-0.05, 0) is 31.0 Å². The molecule has 2 aromatic rings. The van der Waals surface area contributed by atoms with Crippen LogP contribution in [0, 0.1) is 0 Å². The Hall–Kier alpha value is -1.82. The van der Waals surface area contributed by atoms with Crippen molar-refractivity contribution in [2.75, 3.05) is 6.54 Å². The maximum absolute atomic E-state index is 12.6. The molecule has 0 aliphatic carbocycles. The third kappa shape index (κ3) is 5.23. The quantitative estimate of drug-likeness (QED) is 0.793. The first-order valence-electron chi connectivity index (χ1n) is 6.88. The van der Waals surface area contributed by atoms with E-state index in [-0.39, 0.29) is 0 Å². The minimum Gasteiger partial charge on any atom is -0.337 e. The van der Waals surface area contributed by atoms with Gasteiger partial charge in [0.2, 0.25) is 0 Å². The molecule has 1 aromatic heterocycles. The SMILES string of the molecule is FC(F)(F)c1cccc(CNCCCCn2ccnc2)c1. The highest BCUT2D eigenvalue weighted by atomic mass is 19.4. The van der Waals surface area contributed by atoms with Crippen LogP contribution in [0.3, 0.4) is 0 Å². The number of nitrogens with one attached hydrogen (secondary N) is 1. The van der Waals surface area contributed by atoms with Crippen LogP contribution < -0.4 is 5.32 Å². The van der Waals surface area contributed by atoms with Gasteiger partial charge in [0, 0.05) is 25.5 Å². The Morgan fingerprint density at radius 3 is 2.76 bits per heavy atom. The maximum Gasteiger partial charge on any atom is 0.416 e. The zero-order valence-corrected chi connectivity index (χ0v) is 11.6. The van der Waals surface area contributed by atoms with Crippen molar-refractivity contribution < 1.29 is 13.2 Å². The molecule has 0 bridgehead atoms. The van der Waals surface area contributed by atoms with Crippen molar-refractivity contribution in [2.24, 2.45) is 0 Å². The van der Waals surface area contributed by atoms with Crippen molar-refractivity contribution in [3.63, 3.8) is 0 Å². The minimum absolute atomic E-state index is 0.453. The molecule has 1 aromatic carbocycles. The maximum atomic E-state index is 12.6. The molecule has 0 saturated heterocycles. The fraction of sp³-hybridized carbons (Fsp3) is 0.400. The number of unbranched alkanes of at least 4 members (excludes halogenated alkanes) is 1. The molecule has 0 aliphatic heterocycles. The largest absolute Gasteiger partial charge is 0.416 e. The van der Waals surface area contributed by atoms with E-state index in [1.165, 1.54) is 12.1 Å². The Morgan fingerprint density at radius 2 is 2.05 bits per heavy atom. The molecule has 0 amide bonds. The number of hydrogen-bond acceptors (Lipinski definition) is 2. The molecule has 3 nitrogen and oxygen atoms in total. The number of nitrogens with zero attached hydrogens (tertiary/aromatic N) is 2. The number of hydrogen-bond donors (Lipinski definition) is 1. The summed E-state index contributed by atoms with van der Waals surface area (Å²) in [6.07, 6.45) is 3.13. The molecule has 0 radical (unpaired) electrons. The zero-order chi connectivity index (χ0) is 15.1. The fourth-order valence-corrected chi connectivity index (χ4v) is 2.05. The van der Waals surface area contributed by atoms with Crippen LogP contribution in [0.1, 0.15) is 24.0 Å². The van der Waals surface area contributed by atoms with E-state index in [0.717, 1.165) is 32.0 Å². The van der Waals surface area contributed by atoms with Gasteiger partial charge >= 0.3 is 6.18 Å². The van der Waals surface area contributed by atoms with Crippen LogP contribution in [0.25, 0.3) is 0 Å². The van der Waals surface area contributed by atoms with Crippen LogP contribution in [0.4, 0.5) is 13.2 Å². The van der Waals surface area contributed by atoms with Crippen LogP contribution in [-0.4, -0.2) is 16.1 Å². The lowest BCUT2D eigenvalue weighted by Gasteiger charge is -2.09. The van der Waals surface area contributed by atoms with Crippen molar-refractivity contribution in [1.82, 2.24) is 14.9 Å². The number of aromatic nitrogens is 2. The molecular formula is C15H18F3N3. The molecule has 1 heterocycles. The summed E-state index contributed by atoms with van der Waals surface area (Å²) < 4.78 is 39.7. The van der Waals surface area contributed by atoms with Gasteiger partial charge < -0.3 is 9.88 Å². The van der Waals surface area contributed by atoms with Crippen LogP contribution >= 0.6 is 0 Å². The lowest BCUT2D eigenvalue weighted by atomic mass is 10.1. The number of aryl methyl sites for hydroxylation is 1. The average Bonchev–Trinajstić information content (AvgIpc) is 2.95. The van der Waals surface area contributed by atoms with Gasteiger partial charge in [-0.2, -0.15) is 13.2 Å². The number of imidazole rings is 1. The normalized spacial score (nSPS) is 11.8. The lowest BCUT2D eigenvalue weighted by molar-refractivity contribution is -0.137. The van der Waals surface area contributed by atoms with Gasteiger partial charge in [-0.25, -0.2) is 4.98 Å². The average molecular weight is 297 g/mol. The molecule has 0 spiro atoms. The minimum atomic E-state index is -4.28. The molecule has 0 aliphatic rings. The first-order valence-corrected chi connectivity index (χ1v) is 6.88. The van der Waals surface area contributed by atoms with E-state index in [4.69, 9.17) is 0 Å². The van der Waals surface area contributed by atoms with E-state index in [1.54, 1.807) is 18.6 Å². The summed E-state index contributed by atoms with van der Waals surface area (Å²) in [5.41, 5.74) is 0.0568. The Kier molecular flexibility index (Phi) is 5.38. The summed E-state index contributed by atoms with van der Waals surface area (Å²) in [5.74, 6) is 0. The standard InChI is InChI=1S/C15H18F3N3/c16-15(17,18)14-5-3-4-13(10-14)11-19-6-1-2-8-21-9-7-20-12-21/h3-5,7,9-10,12,19H,1-2,6,8,11H2. The molecule has 0 unspecified atom stereocenters. The van der Waals surface area contributed by atoms with Crippen molar-refractivity contribution in [2.45, 2.75) is 32.1 Å². The Bertz CT molecular complexity index is 535. The van der Waals surface area contributed by atoms with Crippen molar-refractivity contribution in [3.05, 3.63) is 54.1 Å². The lowest BCUT2D eigenvalue weighted by Crippen LogP contribution is -2.16. The summed E-state index contributed by atoms with van der Waals surface area (Å²) in [5, 5.41) is 3.17.